The van der Waals surface area contributed by atoms with Crippen LogP contribution in [-0.2, 0) is 0 Å². The number of aromatic nitrogens is 2. The molecule has 4 nitrogen and oxygen atoms in total. The van der Waals surface area contributed by atoms with Crippen molar-refractivity contribution in [2.45, 2.75) is 33.2 Å². The molecule has 0 saturated heterocycles. The first kappa shape index (κ1) is 18.6. The normalized spacial score (nSPS) is 12.7. The van der Waals surface area contributed by atoms with Crippen LogP contribution in [0.25, 0.3) is 16.6 Å². The average molecular weight is 371 g/mol. The number of hydrogen-bond acceptors (Lipinski definition) is 2. The highest BCUT2D eigenvalue weighted by molar-refractivity contribution is 6.30. The second-order valence-corrected chi connectivity index (χ2v) is 7.54. The van der Waals surface area contributed by atoms with Crippen LogP contribution in [0.3, 0.4) is 0 Å². The first-order valence-electron chi connectivity index (χ1n) is 9.08. The molecule has 2 aromatic carbocycles. The fourth-order valence-electron chi connectivity index (χ4n) is 3.08. The number of fused-ring (bicyclic) bond motifs is 1. The van der Waals surface area contributed by atoms with Gasteiger partial charge in [-0.3, -0.25) is 9.36 Å². The average Bonchev–Trinajstić information content (AvgIpc) is 2.62. The Bertz CT molecular complexity index is 948. The number of nitrogens with two attached hydrogens (primary N) is 1. The lowest BCUT2D eigenvalue weighted by molar-refractivity contribution is -0.694. The van der Waals surface area contributed by atoms with Crippen molar-refractivity contribution in [1.82, 2.24) is 9.55 Å². The molecule has 3 rings (SSSR count). The van der Waals surface area contributed by atoms with E-state index >= 15 is 0 Å². The van der Waals surface area contributed by atoms with Gasteiger partial charge in [0.1, 0.15) is 6.04 Å². The van der Waals surface area contributed by atoms with E-state index in [9.17, 15) is 4.79 Å². The van der Waals surface area contributed by atoms with Crippen LogP contribution >= 0.6 is 11.6 Å². The highest BCUT2D eigenvalue weighted by atomic mass is 35.5. The molecule has 136 valence electrons. The monoisotopic (exact) mass is 370 g/mol. The van der Waals surface area contributed by atoms with Gasteiger partial charge in [-0.2, -0.15) is 0 Å². The van der Waals surface area contributed by atoms with Crippen LogP contribution in [0.15, 0.2) is 53.3 Å². The van der Waals surface area contributed by atoms with Gasteiger partial charge >= 0.3 is 0 Å². The van der Waals surface area contributed by atoms with Gasteiger partial charge in [0.2, 0.25) is 0 Å². The van der Waals surface area contributed by atoms with Gasteiger partial charge in [-0.15, -0.1) is 0 Å². The van der Waals surface area contributed by atoms with Crippen molar-refractivity contribution in [3.05, 3.63) is 69.7 Å². The largest absolute Gasteiger partial charge is 0.338 e. The molecule has 1 atom stereocenters. The molecule has 0 saturated carbocycles. The summed E-state index contributed by atoms with van der Waals surface area (Å²) in [4.78, 5) is 18.0. The molecule has 0 aliphatic rings. The highest BCUT2D eigenvalue weighted by Gasteiger charge is 2.20. The maximum Gasteiger partial charge on any atom is 0.266 e. The summed E-state index contributed by atoms with van der Waals surface area (Å²) in [6.45, 7) is 7.54. The second-order valence-electron chi connectivity index (χ2n) is 7.10. The molecule has 0 amide bonds. The highest BCUT2D eigenvalue weighted by Crippen LogP contribution is 2.18. The number of para-hydroxylation sites is 1. The first-order valence-corrected chi connectivity index (χ1v) is 9.46. The van der Waals surface area contributed by atoms with Crippen LogP contribution in [0.5, 0.6) is 0 Å². The first-order chi connectivity index (χ1) is 12.5. The zero-order valence-corrected chi connectivity index (χ0v) is 16.2. The third-order valence-electron chi connectivity index (χ3n) is 4.56. The molecule has 5 heteroatoms. The smallest absolute Gasteiger partial charge is 0.266 e. The van der Waals surface area contributed by atoms with E-state index in [1.807, 2.05) is 36.4 Å². The number of quaternary nitrogens is 1. The third kappa shape index (κ3) is 3.97. The van der Waals surface area contributed by atoms with Gasteiger partial charge in [0.05, 0.1) is 23.1 Å². The molecule has 0 fully saturated rings. The van der Waals surface area contributed by atoms with Crippen LogP contribution in [-0.4, -0.2) is 16.1 Å². The van der Waals surface area contributed by atoms with Gasteiger partial charge < -0.3 is 5.32 Å². The van der Waals surface area contributed by atoms with Crippen molar-refractivity contribution in [3.63, 3.8) is 0 Å². The van der Waals surface area contributed by atoms with E-state index in [1.165, 1.54) is 0 Å². The lowest BCUT2D eigenvalue weighted by Crippen LogP contribution is -2.85. The van der Waals surface area contributed by atoms with E-state index in [0.29, 0.717) is 16.3 Å². The lowest BCUT2D eigenvalue weighted by atomic mass is 10.1. The van der Waals surface area contributed by atoms with Crippen LogP contribution in [0.1, 0.15) is 39.1 Å². The summed E-state index contributed by atoms with van der Waals surface area (Å²) in [6.07, 6.45) is 1.13. The van der Waals surface area contributed by atoms with Crippen molar-refractivity contribution >= 4 is 22.5 Å². The number of hydrogen-bond donors (Lipinski definition) is 1. The van der Waals surface area contributed by atoms with E-state index in [2.05, 4.69) is 26.1 Å². The van der Waals surface area contributed by atoms with Crippen molar-refractivity contribution in [2.24, 2.45) is 5.92 Å². The molecule has 1 heterocycles. The van der Waals surface area contributed by atoms with Gasteiger partial charge in [-0.1, -0.05) is 37.6 Å². The van der Waals surface area contributed by atoms with Crippen LogP contribution in [0, 0.1) is 5.92 Å². The molecular weight excluding hydrogens is 346 g/mol. The summed E-state index contributed by atoms with van der Waals surface area (Å²) in [7, 11) is 0. The summed E-state index contributed by atoms with van der Waals surface area (Å²) >= 11 is 6.03. The fraction of sp³-hybridized carbons (Fsp3) is 0.333. The summed E-state index contributed by atoms with van der Waals surface area (Å²) in [6, 6.07) is 14.9. The molecule has 3 aromatic rings. The minimum absolute atomic E-state index is 0.0444. The minimum atomic E-state index is -0.0444. The molecule has 1 aromatic heterocycles. The molecule has 26 heavy (non-hydrogen) atoms. The van der Waals surface area contributed by atoms with Gasteiger partial charge in [-0.25, -0.2) is 4.98 Å². The number of rotatable bonds is 6. The van der Waals surface area contributed by atoms with Crippen LogP contribution < -0.4 is 10.9 Å². The summed E-state index contributed by atoms with van der Waals surface area (Å²) in [5.41, 5.74) is 1.48. The summed E-state index contributed by atoms with van der Waals surface area (Å²) in [5.74, 6) is 1.42. The van der Waals surface area contributed by atoms with Gasteiger partial charge in [0.25, 0.3) is 5.56 Å². The molecule has 2 N–H and O–H groups in total. The quantitative estimate of drug-likeness (QED) is 0.719. The summed E-state index contributed by atoms with van der Waals surface area (Å²) < 4.78 is 1.72. The van der Waals surface area contributed by atoms with Gasteiger partial charge in [-0.05, 0) is 55.7 Å². The third-order valence-corrected chi connectivity index (χ3v) is 4.81. The van der Waals surface area contributed by atoms with Crippen LogP contribution in [0.2, 0.25) is 5.02 Å². The van der Waals surface area contributed by atoms with Gasteiger partial charge in [0.15, 0.2) is 5.82 Å². The Morgan fingerprint density at radius 3 is 2.46 bits per heavy atom. The van der Waals surface area contributed by atoms with E-state index in [-0.39, 0.29) is 11.6 Å². The standard InChI is InChI=1S/C21H24ClN3O/c1-14(2)12-13-23-15(3)20-24-19-7-5-4-6-18(19)21(26)25(20)17-10-8-16(22)9-11-17/h4-11,14-15,23H,12-13H2,1-3H3/p+1/t15-/m1/s1. The van der Waals surface area contributed by atoms with E-state index < -0.39 is 0 Å². The number of halogens is 1. The molecular formula is C21H25ClN3O+. The molecule has 0 aliphatic carbocycles. The molecule has 0 aliphatic heterocycles. The molecule has 0 unspecified atom stereocenters. The van der Waals surface area contributed by atoms with E-state index in [0.717, 1.165) is 30.0 Å². The molecule has 0 spiro atoms. The molecule has 0 radical (unpaired) electrons. The molecule has 0 bridgehead atoms. The zero-order valence-electron chi connectivity index (χ0n) is 15.4. The van der Waals surface area contributed by atoms with Crippen molar-refractivity contribution in [2.75, 3.05) is 6.54 Å². The Labute approximate surface area is 158 Å². The zero-order chi connectivity index (χ0) is 18.7. The minimum Gasteiger partial charge on any atom is -0.338 e. The topological polar surface area (TPSA) is 51.5 Å². The maximum absolute atomic E-state index is 13.2. The van der Waals surface area contributed by atoms with E-state index in [4.69, 9.17) is 16.6 Å². The Kier molecular flexibility index (Phi) is 5.74. The predicted octanol–water partition coefficient (Wildman–Crippen LogP) is 3.71. The van der Waals surface area contributed by atoms with Crippen LogP contribution in [0.4, 0.5) is 0 Å². The lowest BCUT2D eigenvalue weighted by Gasteiger charge is -2.18. The van der Waals surface area contributed by atoms with E-state index in [1.54, 1.807) is 16.7 Å². The Morgan fingerprint density at radius 1 is 1.08 bits per heavy atom. The number of benzene rings is 2. The maximum atomic E-state index is 13.2. The Hall–Kier alpha value is -2.17. The fourth-order valence-corrected chi connectivity index (χ4v) is 3.21. The van der Waals surface area contributed by atoms with Gasteiger partial charge in [0, 0.05) is 5.02 Å². The second kappa shape index (κ2) is 8.02. The number of nitrogens with zero attached hydrogens (tertiary/aromatic N) is 2. The SMILES string of the molecule is CC(C)CC[NH2+][C@H](C)c1nc2ccccc2c(=O)n1-c1ccc(Cl)cc1. The Balaban J connectivity index is 2.11. The van der Waals surface area contributed by atoms with Crippen molar-refractivity contribution < 1.29 is 5.32 Å². The van der Waals surface area contributed by atoms with Crippen molar-refractivity contribution in [1.29, 1.82) is 0 Å². The summed E-state index contributed by atoms with van der Waals surface area (Å²) in [5, 5.41) is 3.53. The Morgan fingerprint density at radius 2 is 1.77 bits per heavy atom. The predicted molar refractivity (Wildman–Crippen MR) is 107 cm³/mol. The van der Waals surface area contributed by atoms with Crippen molar-refractivity contribution in [3.8, 4) is 5.69 Å².